The van der Waals surface area contributed by atoms with E-state index >= 15 is 0 Å². The lowest BCUT2D eigenvalue weighted by atomic mass is 9.88. The first-order valence-corrected chi connectivity index (χ1v) is 6.08. The van der Waals surface area contributed by atoms with Gasteiger partial charge in [0, 0.05) is 26.2 Å². The normalized spacial score (nSPS) is 33.3. The molecule has 86 valence electrons. The van der Waals surface area contributed by atoms with E-state index in [-0.39, 0.29) is 0 Å². The third-order valence-electron chi connectivity index (χ3n) is 3.90. The minimum atomic E-state index is 0.290. The van der Waals surface area contributed by atoms with Gasteiger partial charge >= 0.3 is 0 Å². The Kier molecular flexibility index (Phi) is 3.62. The van der Waals surface area contributed by atoms with Gasteiger partial charge in [-0.3, -0.25) is 4.79 Å². The Morgan fingerprint density at radius 3 is 2.87 bits per heavy atom. The Labute approximate surface area is 91.6 Å². The zero-order valence-corrected chi connectivity index (χ0v) is 9.50. The van der Waals surface area contributed by atoms with Gasteiger partial charge in [0.15, 0.2) is 0 Å². The van der Waals surface area contributed by atoms with Crippen molar-refractivity contribution in [1.29, 1.82) is 0 Å². The predicted octanol–water partition coefficient (Wildman–Crippen LogP) is 1.58. The van der Waals surface area contributed by atoms with Gasteiger partial charge in [-0.1, -0.05) is 6.42 Å². The highest BCUT2D eigenvalue weighted by Gasteiger charge is 2.42. The van der Waals surface area contributed by atoms with Crippen molar-refractivity contribution in [1.82, 2.24) is 5.32 Å². The number of hydrogen-bond donors (Lipinski definition) is 1. The van der Waals surface area contributed by atoms with Crippen molar-refractivity contribution in [3.63, 3.8) is 0 Å². The molecule has 2 bridgehead atoms. The van der Waals surface area contributed by atoms with Crippen molar-refractivity contribution in [2.75, 3.05) is 20.3 Å². The lowest BCUT2D eigenvalue weighted by molar-refractivity contribution is -0.126. The molecular formula is C12H21NO2. The molecule has 1 N–H and O–H groups in total. The average molecular weight is 211 g/mol. The van der Waals surface area contributed by atoms with Gasteiger partial charge in [0.2, 0.25) is 5.91 Å². The Bertz CT molecular complexity index is 230. The fourth-order valence-corrected chi connectivity index (χ4v) is 3.13. The molecule has 3 atom stereocenters. The third-order valence-corrected chi connectivity index (χ3v) is 3.90. The van der Waals surface area contributed by atoms with Gasteiger partial charge in [-0.05, 0) is 37.5 Å². The van der Waals surface area contributed by atoms with Crippen molar-refractivity contribution in [2.45, 2.75) is 32.1 Å². The maximum absolute atomic E-state index is 11.8. The smallest absolute Gasteiger partial charge is 0.223 e. The van der Waals surface area contributed by atoms with Crippen molar-refractivity contribution in [2.24, 2.45) is 17.8 Å². The maximum Gasteiger partial charge on any atom is 0.223 e. The summed E-state index contributed by atoms with van der Waals surface area (Å²) in [6, 6.07) is 0. The predicted molar refractivity (Wildman–Crippen MR) is 58.4 cm³/mol. The maximum atomic E-state index is 11.8. The highest BCUT2D eigenvalue weighted by Crippen LogP contribution is 2.48. The van der Waals surface area contributed by atoms with Crippen LogP contribution in [0.3, 0.4) is 0 Å². The Morgan fingerprint density at radius 2 is 2.27 bits per heavy atom. The zero-order valence-electron chi connectivity index (χ0n) is 9.50. The summed E-state index contributed by atoms with van der Waals surface area (Å²) in [4.78, 5) is 11.8. The number of fused-ring (bicyclic) bond motifs is 2. The van der Waals surface area contributed by atoms with E-state index in [9.17, 15) is 4.79 Å². The lowest BCUT2D eigenvalue weighted by Crippen LogP contribution is -2.34. The molecule has 0 aromatic rings. The summed E-state index contributed by atoms with van der Waals surface area (Å²) in [5, 5.41) is 3.03. The van der Waals surface area contributed by atoms with Crippen LogP contribution in [0.1, 0.15) is 32.1 Å². The van der Waals surface area contributed by atoms with Crippen LogP contribution in [0.25, 0.3) is 0 Å². The van der Waals surface area contributed by atoms with E-state index in [1.165, 1.54) is 19.3 Å². The first kappa shape index (κ1) is 10.9. The molecular weight excluding hydrogens is 190 g/mol. The SMILES string of the molecule is COCCCNC(=O)C1CC2CCC1C2. The van der Waals surface area contributed by atoms with E-state index in [0.29, 0.717) is 17.7 Å². The molecule has 3 nitrogen and oxygen atoms in total. The van der Waals surface area contributed by atoms with E-state index in [4.69, 9.17) is 4.74 Å². The molecule has 3 heteroatoms. The van der Waals surface area contributed by atoms with Gasteiger partial charge in [0.25, 0.3) is 0 Å². The minimum absolute atomic E-state index is 0.290. The van der Waals surface area contributed by atoms with E-state index in [0.717, 1.165) is 31.9 Å². The van der Waals surface area contributed by atoms with Gasteiger partial charge < -0.3 is 10.1 Å². The fourth-order valence-electron chi connectivity index (χ4n) is 3.13. The van der Waals surface area contributed by atoms with Gasteiger partial charge in [0.05, 0.1) is 0 Å². The first-order valence-electron chi connectivity index (χ1n) is 6.08. The van der Waals surface area contributed by atoms with Crippen LogP contribution in [-0.4, -0.2) is 26.2 Å². The van der Waals surface area contributed by atoms with E-state index in [1.54, 1.807) is 7.11 Å². The van der Waals surface area contributed by atoms with Gasteiger partial charge in [-0.15, -0.1) is 0 Å². The molecule has 0 heterocycles. The number of methoxy groups -OCH3 is 1. The molecule has 15 heavy (non-hydrogen) atoms. The van der Waals surface area contributed by atoms with Crippen molar-refractivity contribution in [3.8, 4) is 0 Å². The van der Waals surface area contributed by atoms with E-state index in [1.807, 2.05) is 0 Å². The second-order valence-electron chi connectivity index (χ2n) is 4.92. The second kappa shape index (κ2) is 4.97. The number of rotatable bonds is 5. The molecule has 0 aromatic carbocycles. The molecule has 2 aliphatic rings. The molecule has 0 saturated heterocycles. The molecule has 0 aliphatic heterocycles. The topological polar surface area (TPSA) is 38.3 Å². The molecule has 3 unspecified atom stereocenters. The van der Waals surface area contributed by atoms with Crippen LogP contribution in [0.4, 0.5) is 0 Å². The Hall–Kier alpha value is -0.570. The molecule has 2 fully saturated rings. The first-order chi connectivity index (χ1) is 7.31. The number of carbonyl (C=O) groups excluding carboxylic acids is 1. The van der Waals surface area contributed by atoms with Crippen LogP contribution < -0.4 is 5.32 Å². The van der Waals surface area contributed by atoms with Gasteiger partial charge in [-0.2, -0.15) is 0 Å². The summed E-state index contributed by atoms with van der Waals surface area (Å²) >= 11 is 0. The highest BCUT2D eigenvalue weighted by molar-refractivity contribution is 5.79. The molecule has 2 aliphatic carbocycles. The summed E-state index contributed by atoms with van der Waals surface area (Å²) in [6.07, 6.45) is 6.00. The van der Waals surface area contributed by atoms with Crippen LogP contribution >= 0.6 is 0 Å². The van der Waals surface area contributed by atoms with Crippen LogP contribution in [0, 0.1) is 17.8 Å². The summed E-state index contributed by atoms with van der Waals surface area (Å²) < 4.78 is 4.95. The highest BCUT2D eigenvalue weighted by atomic mass is 16.5. The Morgan fingerprint density at radius 1 is 1.40 bits per heavy atom. The minimum Gasteiger partial charge on any atom is -0.385 e. The van der Waals surface area contributed by atoms with Crippen molar-refractivity contribution < 1.29 is 9.53 Å². The molecule has 2 saturated carbocycles. The molecule has 0 spiro atoms. The van der Waals surface area contributed by atoms with E-state index in [2.05, 4.69) is 5.32 Å². The summed E-state index contributed by atoms with van der Waals surface area (Å²) in [6.45, 7) is 1.50. The monoisotopic (exact) mass is 211 g/mol. The molecule has 0 aromatic heterocycles. The lowest BCUT2D eigenvalue weighted by Gasteiger charge is -2.20. The number of hydrogen-bond acceptors (Lipinski definition) is 2. The molecule has 0 radical (unpaired) electrons. The summed E-state index contributed by atoms with van der Waals surface area (Å²) in [5.41, 5.74) is 0. The van der Waals surface area contributed by atoms with E-state index < -0.39 is 0 Å². The average Bonchev–Trinajstić information content (AvgIpc) is 2.85. The summed E-state index contributed by atoms with van der Waals surface area (Å²) in [5.74, 6) is 2.16. The van der Waals surface area contributed by atoms with Crippen molar-refractivity contribution in [3.05, 3.63) is 0 Å². The standard InChI is InChI=1S/C12H21NO2/c1-15-6-2-5-13-12(14)11-8-9-3-4-10(11)7-9/h9-11H,2-8H2,1H3,(H,13,14). The number of amides is 1. The zero-order chi connectivity index (χ0) is 10.7. The van der Waals surface area contributed by atoms with Gasteiger partial charge in [0.1, 0.15) is 0 Å². The Balaban J connectivity index is 1.68. The van der Waals surface area contributed by atoms with Crippen LogP contribution in [0.15, 0.2) is 0 Å². The number of carbonyl (C=O) groups is 1. The van der Waals surface area contributed by atoms with Gasteiger partial charge in [-0.25, -0.2) is 0 Å². The largest absolute Gasteiger partial charge is 0.385 e. The third kappa shape index (κ3) is 2.51. The van der Waals surface area contributed by atoms with Crippen LogP contribution in [-0.2, 0) is 9.53 Å². The fraction of sp³-hybridized carbons (Fsp3) is 0.917. The molecule has 1 amide bonds. The van der Waals surface area contributed by atoms with Crippen LogP contribution in [0.5, 0.6) is 0 Å². The second-order valence-corrected chi connectivity index (χ2v) is 4.92. The number of ether oxygens (including phenoxy) is 1. The quantitative estimate of drug-likeness (QED) is 0.701. The van der Waals surface area contributed by atoms with Crippen LogP contribution in [0.2, 0.25) is 0 Å². The van der Waals surface area contributed by atoms with Crippen molar-refractivity contribution >= 4 is 5.91 Å². The number of nitrogens with one attached hydrogen (secondary N) is 1. The molecule has 2 rings (SSSR count). The summed E-state index contributed by atoms with van der Waals surface area (Å²) in [7, 11) is 1.69.